The van der Waals surface area contributed by atoms with Gasteiger partial charge in [-0.3, -0.25) is 0 Å². The van der Waals surface area contributed by atoms with E-state index in [1.54, 1.807) is 6.20 Å². The quantitative estimate of drug-likeness (QED) is 0.777. The van der Waals surface area contributed by atoms with Crippen molar-refractivity contribution in [2.24, 2.45) is 0 Å². The van der Waals surface area contributed by atoms with Crippen LogP contribution in [0.25, 0.3) is 11.2 Å². The van der Waals surface area contributed by atoms with Gasteiger partial charge in [0.1, 0.15) is 11.6 Å². The standard InChI is InChI=1S/C15H15N3O/c1-11-7-9-16-15-14(11)17-13(18-15)8-10-19-12-5-3-2-4-6-12/h2-7,9H,8,10H2,1H3,(H,16,17,18). The molecule has 0 saturated carbocycles. The fourth-order valence-electron chi connectivity index (χ4n) is 1.98. The molecule has 19 heavy (non-hydrogen) atoms. The minimum Gasteiger partial charge on any atom is -0.493 e. The molecule has 0 aliphatic rings. The van der Waals surface area contributed by atoms with E-state index in [9.17, 15) is 0 Å². The number of pyridine rings is 1. The van der Waals surface area contributed by atoms with Crippen molar-refractivity contribution in [1.82, 2.24) is 15.0 Å². The van der Waals surface area contributed by atoms with Crippen molar-refractivity contribution < 1.29 is 4.74 Å². The van der Waals surface area contributed by atoms with Crippen LogP contribution < -0.4 is 4.74 Å². The average molecular weight is 253 g/mol. The molecule has 0 radical (unpaired) electrons. The number of H-pyrrole nitrogens is 1. The van der Waals surface area contributed by atoms with Crippen LogP contribution in [-0.4, -0.2) is 21.6 Å². The van der Waals surface area contributed by atoms with Crippen LogP contribution in [0, 0.1) is 6.92 Å². The largest absolute Gasteiger partial charge is 0.493 e. The van der Waals surface area contributed by atoms with Crippen LogP contribution in [0.15, 0.2) is 42.6 Å². The second kappa shape index (κ2) is 5.10. The highest BCUT2D eigenvalue weighted by atomic mass is 16.5. The summed E-state index contributed by atoms with van der Waals surface area (Å²) in [5.41, 5.74) is 2.94. The maximum Gasteiger partial charge on any atom is 0.177 e. The fraction of sp³-hybridized carbons (Fsp3) is 0.200. The Morgan fingerprint density at radius 3 is 2.79 bits per heavy atom. The van der Waals surface area contributed by atoms with E-state index < -0.39 is 0 Å². The summed E-state index contributed by atoms with van der Waals surface area (Å²) in [5.74, 6) is 1.79. The van der Waals surface area contributed by atoms with Gasteiger partial charge in [0, 0.05) is 12.6 Å². The van der Waals surface area contributed by atoms with E-state index in [4.69, 9.17) is 4.74 Å². The molecule has 1 aromatic carbocycles. The molecule has 2 heterocycles. The van der Waals surface area contributed by atoms with Crippen molar-refractivity contribution in [1.29, 1.82) is 0 Å². The normalized spacial score (nSPS) is 10.8. The molecule has 1 N–H and O–H groups in total. The Hall–Kier alpha value is -2.36. The van der Waals surface area contributed by atoms with Gasteiger partial charge in [0.05, 0.1) is 12.1 Å². The molecule has 0 aliphatic carbocycles. The van der Waals surface area contributed by atoms with Crippen molar-refractivity contribution in [3.63, 3.8) is 0 Å². The number of aromatic amines is 1. The van der Waals surface area contributed by atoms with Gasteiger partial charge in [-0.05, 0) is 30.7 Å². The van der Waals surface area contributed by atoms with Crippen LogP contribution in [0.1, 0.15) is 11.4 Å². The zero-order chi connectivity index (χ0) is 13.1. The molecule has 0 amide bonds. The number of fused-ring (bicyclic) bond motifs is 1. The van der Waals surface area contributed by atoms with Crippen LogP contribution in [0.4, 0.5) is 0 Å². The summed E-state index contributed by atoms with van der Waals surface area (Å²) in [6, 6.07) is 11.8. The molecular weight excluding hydrogens is 238 g/mol. The van der Waals surface area contributed by atoms with E-state index in [2.05, 4.69) is 15.0 Å². The molecule has 0 aliphatic heterocycles. The number of para-hydroxylation sites is 1. The van der Waals surface area contributed by atoms with Crippen molar-refractivity contribution >= 4 is 11.2 Å². The van der Waals surface area contributed by atoms with Crippen LogP contribution in [0.2, 0.25) is 0 Å². The summed E-state index contributed by atoms with van der Waals surface area (Å²) in [7, 11) is 0. The summed E-state index contributed by atoms with van der Waals surface area (Å²) < 4.78 is 5.66. The number of imidazole rings is 1. The van der Waals surface area contributed by atoms with Crippen molar-refractivity contribution in [2.45, 2.75) is 13.3 Å². The molecule has 0 fully saturated rings. The highest BCUT2D eigenvalue weighted by molar-refractivity contribution is 5.74. The maximum atomic E-state index is 5.66. The Bertz CT molecular complexity index is 676. The number of hydrogen-bond donors (Lipinski definition) is 1. The number of aromatic nitrogens is 3. The number of benzene rings is 1. The lowest BCUT2D eigenvalue weighted by molar-refractivity contribution is 0.319. The van der Waals surface area contributed by atoms with Gasteiger partial charge in [-0.25, -0.2) is 9.97 Å². The number of nitrogens with one attached hydrogen (secondary N) is 1. The van der Waals surface area contributed by atoms with Gasteiger partial charge in [-0.1, -0.05) is 18.2 Å². The van der Waals surface area contributed by atoms with E-state index >= 15 is 0 Å². The summed E-state index contributed by atoms with van der Waals surface area (Å²) in [5, 5.41) is 0. The van der Waals surface area contributed by atoms with E-state index in [-0.39, 0.29) is 0 Å². The first-order chi connectivity index (χ1) is 9.33. The number of aryl methyl sites for hydroxylation is 1. The number of hydrogen-bond acceptors (Lipinski definition) is 3. The molecule has 2 aromatic heterocycles. The van der Waals surface area contributed by atoms with Gasteiger partial charge in [0.25, 0.3) is 0 Å². The summed E-state index contributed by atoms with van der Waals surface area (Å²) in [6.45, 7) is 2.65. The lowest BCUT2D eigenvalue weighted by Crippen LogP contribution is -2.02. The van der Waals surface area contributed by atoms with Gasteiger partial charge in [-0.15, -0.1) is 0 Å². The monoisotopic (exact) mass is 253 g/mol. The van der Waals surface area contributed by atoms with Crippen molar-refractivity contribution in [3.8, 4) is 5.75 Å². The SMILES string of the molecule is Cc1ccnc2nc(CCOc3ccccc3)[nH]c12. The Labute approximate surface area is 111 Å². The highest BCUT2D eigenvalue weighted by Gasteiger charge is 2.05. The zero-order valence-electron chi connectivity index (χ0n) is 10.8. The Morgan fingerprint density at radius 1 is 1.16 bits per heavy atom. The third-order valence-electron chi connectivity index (χ3n) is 3.00. The third-order valence-corrected chi connectivity index (χ3v) is 3.00. The van der Waals surface area contributed by atoms with Gasteiger partial charge >= 0.3 is 0 Å². The summed E-state index contributed by atoms with van der Waals surface area (Å²) >= 11 is 0. The molecule has 0 saturated heterocycles. The fourth-order valence-corrected chi connectivity index (χ4v) is 1.98. The van der Waals surface area contributed by atoms with Crippen LogP contribution >= 0.6 is 0 Å². The first kappa shape index (κ1) is 11.7. The van der Waals surface area contributed by atoms with Crippen molar-refractivity contribution in [3.05, 3.63) is 54.0 Å². The number of rotatable bonds is 4. The van der Waals surface area contributed by atoms with E-state index in [1.807, 2.05) is 43.3 Å². The van der Waals surface area contributed by atoms with Crippen molar-refractivity contribution in [2.75, 3.05) is 6.61 Å². The van der Waals surface area contributed by atoms with Gasteiger partial charge in [0.15, 0.2) is 5.65 Å². The van der Waals surface area contributed by atoms with Gasteiger partial charge < -0.3 is 9.72 Å². The van der Waals surface area contributed by atoms with E-state index in [0.29, 0.717) is 6.61 Å². The molecule has 96 valence electrons. The topological polar surface area (TPSA) is 50.8 Å². The average Bonchev–Trinajstić information content (AvgIpc) is 2.84. The minimum atomic E-state index is 0.600. The molecule has 0 atom stereocenters. The predicted molar refractivity (Wildman–Crippen MR) is 74.3 cm³/mol. The van der Waals surface area contributed by atoms with E-state index in [1.165, 1.54) is 0 Å². The van der Waals surface area contributed by atoms with Gasteiger partial charge in [0.2, 0.25) is 0 Å². The Morgan fingerprint density at radius 2 is 2.00 bits per heavy atom. The summed E-state index contributed by atoms with van der Waals surface area (Å²) in [6.07, 6.45) is 2.52. The zero-order valence-corrected chi connectivity index (χ0v) is 10.8. The van der Waals surface area contributed by atoms with Crippen LogP contribution in [0.3, 0.4) is 0 Å². The molecule has 4 nitrogen and oxygen atoms in total. The predicted octanol–water partition coefficient (Wildman–Crippen LogP) is 2.89. The lowest BCUT2D eigenvalue weighted by atomic mass is 10.3. The molecule has 0 spiro atoms. The van der Waals surface area contributed by atoms with E-state index in [0.717, 1.165) is 34.7 Å². The molecule has 4 heteroatoms. The first-order valence-electron chi connectivity index (χ1n) is 6.31. The van der Waals surface area contributed by atoms with Crippen LogP contribution in [-0.2, 0) is 6.42 Å². The first-order valence-corrected chi connectivity index (χ1v) is 6.31. The maximum absolute atomic E-state index is 5.66. The Balaban J connectivity index is 1.67. The second-order valence-electron chi connectivity index (χ2n) is 4.42. The minimum absolute atomic E-state index is 0.600. The molecule has 0 unspecified atom stereocenters. The second-order valence-corrected chi connectivity index (χ2v) is 4.42. The summed E-state index contributed by atoms with van der Waals surface area (Å²) in [4.78, 5) is 12.0. The molecule has 3 aromatic rings. The number of nitrogens with zero attached hydrogens (tertiary/aromatic N) is 2. The highest BCUT2D eigenvalue weighted by Crippen LogP contribution is 2.14. The molecule has 3 rings (SSSR count). The number of ether oxygens (including phenoxy) is 1. The van der Waals surface area contributed by atoms with Crippen LogP contribution in [0.5, 0.6) is 5.75 Å². The lowest BCUT2D eigenvalue weighted by Gasteiger charge is -2.03. The third kappa shape index (κ3) is 2.57. The molecule has 0 bridgehead atoms. The smallest absolute Gasteiger partial charge is 0.177 e. The molecular formula is C15H15N3O. The van der Waals surface area contributed by atoms with Gasteiger partial charge in [-0.2, -0.15) is 0 Å². The Kier molecular flexibility index (Phi) is 3.14.